The Bertz CT molecular complexity index is 462. The van der Waals surface area contributed by atoms with Crippen molar-refractivity contribution in [3.63, 3.8) is 0 Å². The lowest BCUT2D eigenvalue weighted by Crippen LogP contribution is -2.29. The van der Waals surface area contributed by atoms with E-state index < -0.39 is 5.92 Å². The molecule has 1 heterocycles. The van der Waals surface area contributed by atoms with Gasteiger partial charge in [-0.3, -0.25) is 14.5 Å². The fourth-order valence-corrected chi connectivity index (χ4v) is 1.72. The van der Waals surface area contributed by atoms with Crippen molar-refractivity contribution in [3.8, 4) is 6.07 Å². The van der Waals surface area contributed by atoms with E-state index >= 15 is 0 Å². The fraction of sp³-hybridized carbons (Fsp3) is 0.250. The van der Waals surface area contributed by atoms with Crippen molar-refractivity contribution >= 4 is 11.8 Å². The monoisotopic (exact) mass is 214 g/mol. The van der Waals surface area contributed by atoms with Crippen molar-refractivity contribution in [2.24, 2.45) is 5.92 Å². The number of likely N-dealkylation sites (tertiary alicyclic amines) is 1. The van der Waals surface area contributed by atoms with Gasteiger partial charge >= 0.3 is 0 Å². The summed E-state index contributed by atoms with van der Waals surface area (Å²) in [5, 5.41) is 8.69. The first-order valence-corrected chi connectivity index (χ1v) is 5.00. The predicted molar refractivity (Wildman–Crippen MR) is 55.7 cm³/mol. The van der Waals surface area contributed by atoms with Gasteiger partial charge in [0.25, 0.3) is 0 Å². The van der Waals surface area contributed by atoms with Crippen molar-refractivity contribution < 1.29 is 9.59 Å². The number of benzene rings is 1. The van der Waals surface area contributed by atoms with Gasteiger partial charge in [0.2, 0.25) is 11.8 Å². The van der Waals surface area contributed by atoms with Crippen LogP contribution in [0.1, 0.15) is 12.0 Å². The molecule has 1 saturated heterocycles. The van der Waals surface area contributed by atoms with Crippen LogP contribution >= 0.6 is 0 Å². The van der Waals surface area contributed by atoms with Gasteiger partial charge in [-0.15, -0.1) is 0 Å². The van der Waals surface area contributed by atoms with Gasteiger partial charge < -0.3 is 0 Å². The van der Waals surface area contributed by atoms with Crippen LogP contribution in [0.5, 0.6) is 0 Å². The smallest absolute Gasteiger partial charge is 0.247 e. The Hall–Kier alpha value is -2.15. The summed E-state index contributed by atoms with van der Waals surface area (Å²) >= 11 is 0. The topological polar surface area (TPSA) is 61.2 Å². The standard InChI is InChI=1S/C12H10N2O2/c13-7-10-6-11(15)14(12(10)16)8-9-4-2-1-3-5-9/h1-5,10H,6,8H2. The van der Waals surface area contributed by atoms with Crippen LogP contribution in [0.25, 0.3) is 0 Å². The third-order valence-corrected chi connectivity index (χ3v) is 2.58. The molecule has 2 amide bonds. The van der Waals surface area contributed by atoms with Crippen LogP contribution in [0, 0.1) is 17.2 Å². The maximum Gasteiger partial charge on any atom is 0.247 e. The maximum absolute atomic E-state index is 11.6. The van der Waals surface area contributed by atoms with Crippen LogP contribution in [0.3, 0.4) is 0 Å². The highest BCUT2D eigenvalue weighted by molar-refractivity contribution is 6.04. The zero-order chi connectivity index (χ0) is 11.5. The second kappa shape index (κ2) is 4.15. The molecule has 2 rings (SSSR count). The lowest BCUT2D eigenvalue weighted by atomic mass is 10.1. The van der Waals surface area contributed by atoms with Crippen LogP contribution < -0.4 is 0 Å². The van der Waals surface area contributed by atoms with Crippen LogP contribution in [-0.2, 0) is 16.1 Å². The van der Waals surface area contributed by atoms with Crippen molar-refractivity contribution in [1.29, 1.82) is 5.26 Å². The minimum Gasteiger partial charge on any atom is -0.277 e. The number of amides is 2. The highest BCUT2D eigenvalue weighted by atomic mass is 16.2. The van der Waals surface area contributed by atoms with Gasteiger partial charge in [0.1, 0.15) is 5.92 Å². The Morgan fingerprint density at radius 3 is 2.56 bits per heavy atom. The van der Waals surface area contributed by atoms with Gasteiger partial charge in [-0.1, -0.05) is 30.3 Å². The highest BCUT2D eigenvalue weighted by Gasteiger charge is 2.38. The molecule has 0 aliphatic carbocycles. The van der Waals surface area contributed by atoms with E-state index in [4.69, 9.17) is 5.26 Å². The normalized spacial score (nSPS) is 19.9. The molecule has 4 nitrogen and oxygen atoms in total. The first-order chi connectivity index (χ1) is 7.72. The molecule has 1 aromatic carbocycles. The lowest BCUT2D eigenvalue weighted by Gasteiger charge is -2.13. The number of rotatable bonds is 2. The summed E-state index contributed by atoms with van der Waals surface area (Å²) in [5.41, 5.74) is 0.891. The van der Waals surface area contributed by atoms with E-state index in [9.17, 15) is 9.59 Å². The Morgan fingerprint density at radius 1 is 1.31 bits per heavy atom. The third kappa shape index (κ3) is 1.80. The molecule has 0 bridgehead atoms. The molecule has 0 aromatic heterocycles. The van der Waals surface area contributed by atoms with Gasteiger partial charge in [-0.05, 0) is 5.56 Å². The summed E-state index contributed by atoms with van der Waals surface area (Å²) in [6.07, 6.45) is 0.0160. The molecule has 1 aromatic rings. The summed E-state index contributed by atoms with van der Waals surface area (Å²) in [6, 6.07) is 11.1. The molecule has 80 valence electrons. The fourth-order valence-electron chi connectivity index (χ4n) is 1.72. The van der Waals surface area contributed by atoms with Crippen molar-refractivity contribution in [2.75, 3.05) is 0 Å². The van der Waals surface area contributed by atoms with E-state index in [1.807, 2.05) is 36.4 Å². The molecule has 1 unspecified atom stereocenters. The zero-order valence-electron chi connectivity index (χ0n) is 8.59. The van der Waals surface area contributed by atoms with E-state index in [1.165, 1.54) is 0 Å². The Kier molecular flexibility index (Phi) is 2.69. The summed E-state index contributed by atoms with van der Waals surface area (Å²) in [7, 11) is 0. The number of imide groups is 1. The number of nitrogens with zero attached hydrogens (tertiary/aromatic N) is 2. The first-order valence-electron chi connectivity index (χ1n) is 5.00. The zero-order valence-corrected chi connectivity index (χ0v) is 8.59. The summed E-state index contributed by atoms with van der Waals surface area (Å²) in [4.78, 5) is 24.3. The van der Waals surface area contributed by atoms with E-state index in [-0.39, 0.29) is 24.8 Å². The molecular weight excluding hydrogens is 204 g/mol. The first kappa shape index (κ1) is 10.4. The van der Waals surface area contributed by atoms with Crippen LogP contribution in [0.2, 0.25) is 0 Å². The van der Waals surface area contributed by atoms with Crippen LogP contribution in [0.15, 0.2) is 30.3 Å². The summed E-state index contributed by atoms with van der Waals surface area (Å²) in [6.45, 7) is 0.261. The third-order valence-electron chi connectivity index (χ3n) is 2.58. The Morgan fingerprint density at radius 2 is 2.00 bits per heavy atom. The number of nitriles is 1. The number of hydrogen-bond acceptors (Lipinski definition) is 3. The summed E-state index contributed by atoms with van der Waals surface area (Å²) in [5.74, 6) is -1.44. The van der Waals surface area contributed by atoms with E-state index in [2.05, 4.69) is 0 Å². The van der Waals surface area contributed by atoms with Gasteiger partial charge in [-0.25, -0.2) is 0 Å². The van der Waals surface area contributed by atoms with Crippen molar-refractivity contribution in [2.45, 2.75) is 13.0 Å². The highest BCUT2D eigenvalue weighted by Crippen LogP contribution is 2.20. The molecule has 0 N–H and O–H groups in total. The molecule has 1 aliphatic heterocycles. The maximum atomic E-state index is 11.6. The van der Waals surface area contributed by atoms with Gasteiger partial charge in [0, 0.05) is 0 Å². The van der Waals surface area contributed by atoms with Crippen molar-refractivity contribution in [1.82, 2.24) is 4.90 Å². The SMILES string of the molecule is N#CC1CC(=O)N(Cc2ccccc2)C1=O. The number of hydrogen-bond donors (Lipinski definition) is 0. The molecule has 0 radical (unpaired) electrons. The molecule has 0 spiro atoms. The molecule has 1 atom stereocenters. The Balaban J connectivity index is 2.15. The van der Waals surface area contributed by atoms with Crippen molar-refractivity contribution in [3.05, 3.63) is 35.9 Å². The van der Waals surface area contributed by atoms with Gasteiger partial charge in [-0.2, -0.15) is 5.26 Å². The van der Waals surface area contributed by atoms with E-state index in [1.54, 1.807) is 0 Å². The van der Waals surface area contributed by atoms with E-state index in [0.717, 1.165) is 10.5 Å². The summed E-state index contributed by atoms with van der Waals surface area (Å²) < 4.78 is 0. The largest absolute Gasteiger partial charge is 0.277 e. The molecular formula is C12H10N2O2. The second-order valence-corrected chi connectivity index (χ2v) is 3.69. The molecule has 1 aliphatic rings. The minimum absolute atomic E-state index is 0.0160. The number of carbonyl (C=O) groups is 2. The van der Waals surface area contributed by atoms with E-state index in [0.29, 0.717) is 0 Å². The molecule has 4 heteroatoms. The lowest BCUT2D eigenvalue weighted by molar-refractivity contribution is -0.139. The predicted octanol–water partition coefficient (Wildman–Crippen LogP) is 1.09. The minimum atomic E-state index is -0.795. The average molecular weight is 214 g/mol. The van der Waals surface area contributed by atoms with Crippen LogP contribution in [-0.4, -0.2) is 16.7 Å². The second-order valence-electron chi connectivity index (χ2n) is 3.69. The van der Waals surface area contributed by atoms with Gasteiger partial charge in [0.05, 0.1) is 19.0 Å². The molecule has 0 saturated carbocycles. The number of carbonyl (C=O) groups excluding carboxylic acids is 2. The molecule has 16 heavy (non-hydrogen) atoms. The Labute approximate surface area is 93.1 Å². The van der Waals surface area contributed by atoms with Gasteiger partial charge in [0.15, 0.2) is 0 Å². The molecule has 1 fully saturated rings. The quantitative estimate of drug-likeness (QED) is 0.692. The van der Waals surface area contributed by atoms with Crippen LogP contribution in [0.4, 0.5) is 0 Å². The average Bonchev–Trinajstić information content (AvgIpc) is 2.58.